The van der Waals surface area contributed by atoms with Crippen LogP contribution in [0.2, 0.25) is 0 Å². The van der Waals surface area contributed by atoms with Crippen molar-refractivity contribution in [2.24, 2.45) is 0 Å². The largest absolute Gasteiger partial charge is 0.397 e. The van der Waals surface area contributed by atoms with Gasteiger partial charge in [-0.05, 0) is 18.6 Å². The standard InChI is InChI=1S/C11H16F2N2O2/c1-17-6-7(16)4-5-15-11-9(14)3-2-8(12)10(11)13/h2-3,7,15-16H,4-6,14H2,1H3. The molecular formula is C11H16F2N2O2. The van der Waals surface area contributed by atoms with Crippen LogP contribution >= 0.6 is 0 Å². The summed E-state index contributed by atoms with van der Waals surface area (Å²) in [5.74, 6) is -1.97. The van der Waals surface area contributed by atoms with Crippen molar-refractivity contribution in [1.82, 2.24) is 0 Å². The van der Waals surface area contributed by atoms with Gasteiger partial charge < -0.3 is 20.9 Å². The van der Waals surface area contributed by atoms with E-state index in [1.54, 1.807) is 0 Å². The predicted molar refractivity (Wildman–Crippen MR) is 61.8 cm³/mol. The second kappa shape index (κ2) is 6.36. The van der Waals surface area contributed by atoms with E-state index in [1.165, 1.54) is 13.2 Å². The van der Waals surface area contributed by atoms with Gasteiger partial charge in [-0.3, -0.25) is 0 Å². The number of nitrogens with two attached hydrogens (primary N) is 1. The number of nitrogen functional groups attached to an aromatic ring is 1. The number of methoxy groups -OCH3 is 1. The van der Waals surface area contributed by atoms with Crippen molar-refractivity contribution in [3.05, 3.63) is 23.8 Å². The molecule has 0 spiro atoms. The second-order valence-corrected chi connectivity index (χ2v) is 3.65. The highest BCUT2D eigenvalue weighted by Crippen LogP contribution is 2.24. The summed E-state index contributed by atoms with van der Waals surface area (Å²) in [6.45, 7) is 0.470. The number of hydrogen-bond donors (Lipinski definition) is 3. The van der Waals surface area contributed by atoms with E-state index in [4.69, 9.17) is 10.5 Å². The first-order valence-electron chi connectivity index (χ1n) is 5.20. The highest BCUT2D eigenvalue weighted by Gasteiger charge is 2.11. The molecule has 4 N–H and O–H groups in total. The lowest BCUT2D eigenvalue weighted by Gasteiger charge is -2.13. The van der Waals surface area contributed by atoms with Crippen molar-refractivity contribution < 1.29 is 18.6 Å². The van der Waals surface area contributed by atoms with Crippen molar-refractivity contribution in [2.45, 2.75) is 12.5 Å². The summed E-state index contributed by atoms with van der Waals surface area (Å²) in [5, 5.41) is 12.0. The SMILES string of the molecule is COCC(O)CCNc1c(N)ccc(F)c1F. The number of ether oxygens (including phenoxy) is 1. The van der Waals surface area contributed by atoms with Crippen LogP contribution in [0.3, 0.4) is 0 Å². The van der Waals surface area contributed by atoms with Gasteiger partial charge in [-0.15, -0.1) is 0 Å². The molecule has 0 aliphatic heterocycles. The van der Waals surface area contributed by atoms with Crippen LogP contribution in [0.25, 0.3) is 0 Å². The van der Waals surface area contributed by atoms with Gasteiger partial charge in [-0.2, -0.15) is 0 Å². The quantitative estimate of drug-likeness (QED) is 0.663. The van der Waals surface area contributed by atoms with Crippen molar-refractivity contribution >= 4 is 11.4 Å². The van der Waals surface area contributed by atoms with Crippen LogP contribution in [-0.2, 0) is 4.74 Å². The van der Waals surface area contributed by atoms with Crippen molar-refractivity contribution in [3.8, 4) is 0 Å². The van der Waals surface area contributed by atoms with Crippen LogP contribution in [0.15, 0.2) is 12.1 Å². The minimum Gasteiger partial charge on any atom is -0.397 e. The highest BCUT2D eigenvalue weighted by atomic mass is 19.2. The third-order valence-corrected chi connectivity index (χ3v) is 2.27. The molecule has 17 heavy (non-hydrogen) atoms. The molecule has 0 saturated heterocycles. The average molecular weight is 246 g/mol. The summed E-state index contributed by atoms with van der Waals surface area (Å²) in [6.07, 6.45) is -0.297. The van der Waals surface area contributed by atoms with Gasteiger partial charge >= 0.3 is 0 Å². The number of benzene rings is 1. The monoisotopic (exact) mass is 246 g/mol. The molecule has 1 atom stereocenters. The summed E-state index contributed by atoms with van der Waals surface area (Å²) in [7, 11) is 1.47. The van der Waals surface area contributed by atoms with Crippen LogP contribution < -0.4 is 11.1 Å². The van der Waals surface area contributed by atoms with E-state index in [9.17, 15) is 13.9 Å². The first-order valence-corrected chi connectivity index (χ1v) is 5.20. The number of nitrogens with one attached hydrogen (secondary N) is 1. The van der Waals surface area contributed by atoms with Crippen molar-refractivity contribution in [1.29, 1.82) is 0 Å². The Balaban J connectivity index is 2.55. The number of anilines is 2. The number of aliphatic hydroxyl groups is 1. The summed E-state index contributed by atoms with van der Waals surface area (Å²) >= 11 is 0. The fourth-order valence-electron chi connectivity index (χ4n) is 1.38. The van der Waals surface area contributed by atoms with Crippen LogP contribution in [0.4, 0.5) is 20.2 Å². The molecular weight excluding hydrogens is 230 g/mol. The smallest absolute Gasteiger partial charge is 0.183 e. The van der Waals surface area contributed by atoms with Gasteiger partial charge in [0.2, 0.25) is 0 Å². The van der Waals surface area contributed by atoms with Crippen LogP contribution in [-0.4, -0.2) is 31.5 Å². The molecule has 1 rings (SSSR count). The summed E-state index contributed by atoms with van der Waals surface area (Å²) in [4.78, 5) is 0. The lowest BCUT2D eigenvalue weighted by molar-refractivity contribution is 0.0615. The van der Waals surface area contributed by atoms with E-state index in [0.717, 1.165) is 6.07 Å². The van der Waals surface area contributed by atoms with Crippen LogP contribution in [0.1, 0.15) is 6.42 Å². The Labute approximate surface area is 98.4 Å². The zero-order valence-electron chi connectivity index (χ0n) is 9.54. The van der Waals surface area contributed by atoms with E-state index in [0.29, 0.717) is 6.42 Å². The highest BCUT2D eigenvalue weighted by molar-refractivity contribution is 5.66. The lowest BCUT2D eigenvalue weighted by atomic mass is 10.2. The van der Waals surface area contributed by atoms with Gasteiger partial charge in [0.25, 0.3) is 0 Å². The third-order valence-electron chi connectivity index (χ3n) is 2.27. The minimum atomic E-state index is -1.01. The van der Waals surface area contributed by atoms with Gasteiger partial charge in [0.15, 0.2) is 11.6 Å². The molecule has 0 fully saturated rings. The van der Waals surface area contributed by atoms with E-state index in [-0.39, 0.29) is 24.5 Å². The van der Waals surface area contributed by atoms with Crippen LogP contribution in [0, 0.1) is 11.6 Å². The molecule has 0 heterocycles. The second-order valence-electron chi connectivity index (χ2n) is 3.65. The number of aliphatic hydroxyl groups excluding tert-OH is 1. The first-order chi connectivity index (χ1) is 8.06. The lowest BCUT2D eigenvalue weighted by Crippen LogP contribution is -2.19. The van der Waals surface area contributed by atoms with Gasteiger partial charge in [0.05, 0.1) is 24.1 Å². The average Bonchev–Trinajstić information content (AvgIpc) is 2.29. The number of rotatable bonds is 6. The first kappa shape index (κ1) is 13.7. The van der Waals surface area contributed by atoms with E-state index in [1.807, 2.05) is 0 Å². The Hall–Kier alpha value is -1.40. The van der Waals surface area contributed by atoms with E-state index in [2.05, 4.69) is 5.32 Å². The van der Waals surface area contributed by atoms with Gasteiger partial charge in [-0.1, -0.05) is 0 Å². The molecule has 1 aromatic rings. The number of halogens is 2. The van der Waals surface area contributed by atoms with Gasteiger partial charge in [0.1, 0.15) is 0 Å². The fourth-order valence-corrected chi connectivity index (χ4v) is 1.38. The van der Waals surface area contributed by atoms with E-state index >= 15 is 0 Å². The summed E-state index contributed by atoms with van der Waals surface area (Å²) in [5.41, 5.74) is 5.56. The molecule has 0 bridgehead atoms. The Kier molecular flexibility index (Phi) is 5.11. The molecule has 96 valence electrons. The Morgan fingerprint density at radius 2 is 2.18 bits per heavy atom. The fraction of sp³-hybridized carbons (Fsp3) is 0.455. The summed E-state index contributed by atoms with van der Waals surface area (Å²) in [6, 6.07) is 2.25. The molecule has 0 radical (unpaired) electrons. The van der Waals surface area contributed by atoms with Crippen molar-refractivity contribution in [3.63, 3.8) is 0 Å². The van der Waals surface area contributed by atoms with Crippen molar-refractivity contribution in [2.75, 3.05) is 31.3 Å². The zero-order chi connectivity index (χ0) is 12.8. The molecule has 1 unspecified atom stereocenters. The Morgan fingerprint density at radius 1 is 1.47 bits per heavy atom. The molecule has 1 aromatic carbocycles. The maximum absolute atomic E-state index is 13.3. The molecule has 0 aliphatic carbocycles. The van der Waals surface area contributed by atoms with E-state index < -0.39 is 17.7 Å². The third kappa shape index (κ3) is 3.83. The molecule has 0 aliphatic rings. The summed E-state index contributed by atoms with van der Waals surface area (Å²) < 4.78 is 31.0. The van der Waals surface area contributed by atoms with Crippen LogP contribution in [0.5, 0.6) is 0 Å². The molecule has 4 nitrogen and oxygen atoms in total. The predicted octanol–water partition coefficient (Wildman–Crippen LogP) is 1.36. The van der Waals surface area contributed by atoms with Gasteiger partial charge in [0, 0.05) is 13.7 Å². The molecule has 0 saturated carbocycles. The topological polar surface area (TPSA) is 67.5 Å². The normalized spacial score (nSPS) is 12.5. The maximum Gasteiger partial charge on any atom is 0.183 e. The Bertz CT molecular complexity index is 375. The van der Waals surface area contributed by atoms with Gasteiger partial charge in [-0.25, -0.2) is 8.78 Å². The minimum absolute atomic E-state index is 0.0744. The molecule has 0 amide bonds. The zero-order valence-corrected chi connectivity index (χ0v) is 9.54. The maximum atomic E-state index is 13.3. The molecule has 6 heteroatoms. The molecule has 0 aromatic heterocycles. The Morgan fingerprint density at radius 3 is 2.82 bits per heavy atom. The number of hydrogen-bond acceptors (Lipinski definition) is 4.